The second-order valence-corrected chi connectivity index (χ2v) is 6.89. The summed E-state index contributed by atoms with van der Waals surface area (Å²) in [7, 11) is 0. The van der Waals surface area contributed by atoms with Crippen LogP contribution in [0, 0.1) is 5.41 Å². The molecule has 1 heterocycles. The normalized spacial score (nSPS) is 24.7. The predicted molar refractivity (Wildman–Crippen MR) is 81.1 cm³/mol. The maximum absolute atomic E-state index is 3.72. The van der Waals surface area contributed by atoms with Gasteiger partial charge in [0.25, 0.3) is 0 Å². The zero-order valence-electron chi connectivity index (χ0n) is 13.1. The lowest BCUT2D eigenvalue weighted by atomic mass is 9.86. The Kier molecular flexibility index (Phi) is 6.65. The van der Waals surface area contributed by atoms with Crippen molar-refractivity contribution in [2.75, 3.05) is 19.6 Å². The summed E-state index contributed by atoms with van der Waals surface area (Å²) in [6, 6.07) is 0. The molecule has 0 bridgehead atoms. The molecule has 0 amide bonds. The molecule has 1 aliphatic heterocycles. The maximum Gasteiger partial charge on any atom is 0.0304 e. The van der Waals surface area contributed by atoms with Crippen LogP contribution in [0.1, 0.15) is 72.6 Å². The molecular formula is C16H34N2. The van der Waals surface area contributed by atoms with E-state index in [1.54, 1.807) is 0 Å². The van der Waals surface area contributed by atoms with E-state index < -0.39 is 0 Å². The molecule has 108 valence electrons. The summed E-state index contributed by atoms with van der Waals surface area (Å²) in [5, 5.41) is 7.42. The van der Waals surface area contributed by atoms with Crippen molar-refractivity contribution in [2.24, 2.45) is 5.41 Å². The minimum Gasteiger partial charge on any atom is -0.314 e. The van der Waals surface area contributed by atoms with Gasteiger partial charge in [0.05, 0.1) is 0 Å². The van der Waals surface area contributed by atoms with Gasteiger partial charge in [-0.15, -0.1) is 0 Å². The Morgan fingerprint density at radius 3 is 2.56 bits per heavy atom. The van der Waals surface area contributed by atoms with Crippen LogP contribution in [0.25, 0.3) is 0 Å². The second-order valence-electron chi connectivity index (χ2n) is 6.89. The molecule has 2 N–H and O–H groups in total. The Balaban J connectivity index is 2.22. The summed E-state index contributed by atoms with van der Waals surface area (Å²) in [5.74, 6) is 0. The van der Waals surface area contributed by atoms with Crippen molar-refractivity contribution in [3.05, 3.63) is 0 Å². The van der Waals surface area contributed by atoms with Crippen molar-refractivity contribution >= 4 is 0 Å². The van der Waals surface area contributed by atoms with Gasteiger partial charge in [0.15, 0.2) is 0 Å². The van der Waals surface area contributed by atoms with Crippen molar-refractivity contribution in [3.8, 4) is 0 Å². The molecule has 2 heteroatoms. The summed E-state index contributed by atoms with van der Waals surface area (Å²) < 4.78 is 0. The summed E-state index contributed by atoms with van der Waals surface area (Å²) >= 11 is 0. The molecule has 1 saturated heterocycles. The van der Waals surface area contributed by atoms with Gasteiger partial charge in [0, 0.05) is 18.6 Å². The molecule has 1 fully saturated rings. The van der Waals surface area contributed by atoms with Crippen LogP contribution in [0.5, 0.6) is 0 Å². The van der Waals surface area contributed by atoms with Crippen molar-refractivity contribution < 1.29 is 0 Å². The number of rotatable bonds is 9. The van der Waals surface area contributed by atoms with Crippen LogP contribution in [0.3, 0.4) is 0 Å². The Hall–Kier alpha value is -0.0800. The van der Waals surface area contributed by atoms with Gasteiger partial charge in [0.2, 0.25) is 0 Å². The maximum atomic E-state index is 3.72. The van der Waals surface area contributed by atoms with Crippen molar-refractivity contribution in [2.45, 2.75) is 78.2 Å². The van der Waals surface area contributed by atoms with E-state index in [1.165, 1.54) is 51.5 Å². The third kappa shape index (κ3) is 5.27. The van der Waals surface area contributed by atoms with Gasteiger partial charge in [0.1, 0.15) is 0 Å². The van der Waals surface area contributed by atoms with E-state index in [1.807, 2.05) is 0 Å². The zero-order chi connectivity index (χ0) is 13.5. The SMILES string of the molecule is CCCCCC(C)(C)CNCC1(CC)CCCN1. The Morgan fingerprint density at radius 2 is 2.00 bits per heavy atom. The number of unbranched alkanes of at least 4 members (excludes halogenated alkanes) is 2. The molecule has 0 aromatic rings. The fraction of sp³-hybridized carbons (Fsp3) is 1.00. The van der Waals surface area contributed by atoms with Crippen LogP contribution in [-0.4, -0.2) is 25.2 Å². The highest BCUT2D eigenvalue weighted by atomic mass is 15.1. The molecule has 18 heavy (non-hydrogen) atoms. The number of hydrogen-bond donors (Lipinski definition) is 2. The molecule has 1 aliphatic rings. The van der Waals surface area contributed by atoms with Gasteiger partial charge in [-0.05, 0) is 37.6 Å². The first-order valence-corrected chi connectivity index (χ1v) is 7.99. The number of hydrogen-bond acceptors (Lipinski definition) is 2. The van der Waals surface area contributed by atoms with Crippen molar-refractivity contribution in [3.63, 3.8) is 0 Å². The molecule has 1 atom stereocenters. The second kappa shape index (κ2) is 7.49. The third-order valence-corrected chi connectivity index (χ3v) is 4.53. The van der Waals surface area contributed by atoms with Gasteiger partial charge >= 0.3 is 0 Å². The topological polar surface area (TPSA) is 24.1 Å². The Labute approximate surface area is 114 Å². The van der Waals surface area contributed by atoms with E-state index in [0.29, 0.717) is 11.0 Å². The van der Waals surface area contributed by atoms with Crippen molar-refractivity contribution in [1.82, 2.24) is 10.6 Å². The van der Waals surface area contributed by atoms with E-state index in [-0.39, 0.29) is 0 Å². The molecule has 0 aromatic heterocycles. The van der Waals surface area contributed by atoms with E-state index in [9.17, 15) is 0 Å². The molecule has 0 radical (unpaired) electrons. The fourth-order valence-electron chi connectivity index (χ4n) is 3.03. The quantitative estimate of drug-likeness (QED) is 0.613. The third-order valence-electron chi connectivity index (χ3n) is 4.53. The fourth-order valence-corrected chi connectivity index (χ4v) is 3.03. The highest BCUT2D eigenvalue weighted by Crippen LogP contribution is 2.25. The van der Waals surface area contributed by atoms with Crippen LogP contribution in [0.15, 0.2) is 0 Å². The number of nitrogens with one attached hydrogen (secondary N) is 2. The van der Waals surface area contributed by atoms with Gasteiger partial charge < -0.3 is 10.6 Å². The van der Waals surface area contributed by atoms with E-state index in [0.717, 1.165) is 13.1 Å². The highest BCUT2D eigenvalue weighted by molar-refractivity contribution is 4.94. The average Bonchev–Trinajstić information content (AvgIpc) is 2.78. The minimum absolute atomic E-state index is 0.388. The van der Waals surface area contributed by atoms with E-state index >= 15 is 0 Å². The van der Waals surface area contributed by atoms with E-state index in [2.05, 4.69) is 38.3 Å². The Morgan fingerprint density at radius 1 is 1.22 bits per heavy atom. The smallest absolute Gasteiger partial charge is 0.0304 e. The first-order chi connectivity index (χ1) is 8.54. The van der Waals surface area contributed by atoms with Crippen LogP contribution < -0.4 is 10.6 Å². The highest BCUT2D eigenvalue weighted by Gasteiger charge is 2.31. The molecule has 0 aromatic carbocycles. The lowest BCUT2D eigenvalue weighted by molar-refractivity contribution is 0.271. The van der Waals surface area contributed by atoms with E-state index in [4.69, 9.17) is 0 Å². The molecule has 1 rings (SSSR count). The molecule has 0 aliphatic carbocycles. The predicted octanol–water partition coefficient (Wildman–Crippen LogP) is 3.71. The van der Waals surface area contributed by atoms with Crippen LogP contribution in [0.4, 0.5) is 0 Å². The monoisotopic (exact) mass is 254 g/mol. The molecular weight excluding hydrogens is 220 g/mol. The largest absolute Gasteiger partial charge is 0.314 e. The molecule has 1 unspecified atom stereocenters. The van der Waals surface area contributed by atoms with Gasteiger partial charge in [-0.25, -0.2) is 0 Å². The first kappa shape index (κ1) is 16.0. The van der Waals surface area contributed by atoms with Gasteiger partial charge in [-0.3, -0.25) is 0 Å². The summed E-state index contributed by atoms with van der Waals surface area (Å²) in [6.45, 7) is 12.9. The van der Waals surface area contributed by atoms with Gasteiger partial charge in [-0.1, -0.05) is 47.0 Å². The molecule has 0 saturated carbocycles. The summed E-state index contributed by atoms with van der Waals surface area (Å²) in [5.41, 5.74) is 0.836. The first-order valence-electron chi connectivity index (χ1n) is 7.99. The standard InChI is InChI=1S/C16H34N2/c1-5-7-8-10-15(3,4)13-17-14-16(6-2)11-9-12-18-16/h17-18H,5-14H2,1-4H3. The molecule has 0 spiro atoms. The lowest BCUT2D eigenvalue weighted by Crippen LogP contribution is -2.49. The Bertz CT molecular complexity index is 217. The minimum atomic E-state index is 0.388. The molecule has 2 nitrogen and oxygen atoms in total. The van der Waals surface area contributed by atoms with Gasteiger partial charge in [-0.2, -0.15) is 0 Å². The zero-order valence-corrected chi connectivity index (χ0v) is 13.1. The van der Waals surface area contributed by atoms with Crippen LogP contribution in [0.2, 0.25) is 0 Å². The summed E-state index contributed by atoms with van der Waals surface area (Å²) in [6.07, 6.45) is 9.36. The average molecular weight is 254 g/mol. The van der Waals surface area contributed by atoms with Crippen LogP contribution in [-0.2, 0) is 0 Å². The lowest BCUT2D eigenvalue weighted by Gasteiger charge is -2.32. The van der Waals surface area contributed by atoms with Crippen LogP contribution >= 0.6 is 0 Å². The van der Waals surface area contributed by atoms with Crippen molar-refractivity contribution in [1.29, 1.82) is 0 Å². The summed E-state index contributed by atoms with van der Waals surface area (Å²) in [4.78, 5) is 0.